The minimum Gasteiger partial charge on any atom is -0.523 e. The molecule has 0 heterocycles. The summed E-state index contributed by atoms with van der Waals surface area (Å²) >= 11 is 0. The van der Waals surface area contributed by atoms with Crippen LogP contribution in [-0.2, 0) is 0 Å². The van der Waals surface area contributed by atoms with Crippen molar-refractivity contribution in [1.82, 2.24) is 0 Å². The molecule has 0 bridgehead atoms. The van der Waals surface area contributed by atoms with Crippen LogP contribution >= 0.6 is 7.26 Å². The zero-order chi connectivity index (χ0) is 28.7. The average Bonchev–Trinajstić information content (AvgIpc) is 2.90. The molecule has 0 aliphatic rings. The number of allylic oxidation sites excluding steroid dienone is 8. The van der Waals surface area contributed by atoms with Crippen LogP contribution < -0.4 is 15.9 Å². The van der Waals surface area contributed by atoms with E-state index in [1.165, 1.54) is 32.6 Å². The first kappa shape index (κ1) is 32.1. The van der Waals surface area contributed by atoms with E-state index in [0.29, 0.717) is 0 Å². The Morgan fingerprint density at radius 2 is 1.13 bits per heavy atom. The van der Waals surface area contributed by atoms with Gasteiger partial charge in [-0.05, 0) is 83.0 Å². The van der Waals surface area contributed by atoms with Crippen molar-refractivity contribution in [3.8, 4) is 0 Å². The van der Waals surface area contributed by atoms with Gasteiger partial charge in [-0.3, -0.25) is 0 Å². The van der Waals surface area contributed by atoms with Crippen LogP contribution in [0.3, 0.4) is 0 Å². The molecule has 0 aliphatic heterocycles. The maximum Gasteiger partial charge on any atom is 0.635 e. The number of hydrogen-bond acceptors (Lipinski definition) is 1. The van der Waals surface area contributed by atoms with Gasteiger partial charge in [-0.2, -0.15) is 0 Å². The molecule has 0 spiro atoms. The third-order valence-electron chi connectivity index (χ3n) is 6.11. The van der Waals surface area contributed by atoms with Gasteiger partial charge in [0.05, 0.1) is 6.16 Å². The molecule has 0 fully saturated rings. The highest BCUT2D eigenvalue weighted by molar-refractivity contribution is 7.95. The first-order valence-electron chi connectivity index (χ1n) is 13.1. The Labute approximate surface area is 232 Å². The molecule has 0 atom stereocenters. The number of rotatable bonds is 10. The zero-order valence-electron chi connectivity index (χ0n) is 23.3. The Kier molecular flexibility index (Phi) is 13.2. The van der Waals surface area contributed by atoms with Gasteiger partial charge < -0.3 is 18.0 Å². The zero-order valence-corrected chi connectivity index (χ0v) is 24.2. The van der Waals surface area contributed by atoms with Gasteiger partial charge in [-0.1, -0.05) is 95.6 Å². The largest absolute Gasteiger partial charge is 0.635 e. The molecule has 0 aliphatic carbocycles. The summed E-state index contributed by atoms with van der Waals surface area (Å²) in [6.07, 6.45) is 14.7. The summed E-state index contributed by atoms with van der Waals surface area (Å²) in [6.45, 7) is 8.77. The molecule has 3 aromatic carbocycles. The Hall–Kier alpha value is -3.14. The topological polar surface area (TPSA) is 20.2 Å². The Balaban J connectivity index is 0.000000976. The summed E-state index contributed by atoms with van der Waals surface area (Å²) < 4.78 is 29.9. The van der Waals surface area contributed by atoms with Crippen molar-refractivity contribution in [2.24, 2.45) is 0 Å². The lowest BCUT2D eigenvalue weighted by Gasteiger charge is -2.26. The maximum atomic E-state index is 9.97. The summed E-state index contributed by atoms with van der Waals surface area (Å²) in [7, 11) is -7.31. The van der Waals surface area contributed by atoms with Crippen molar-refractivity contribution in [3.63, 3.8) is 0 Å². The van der Waals surface area contributed by atoms with E-state index >= 15 is 0 Å². The van der Waals surface area contributed by atoms with E-state index in [-0.39, 0.29) is 0 Å². The van der Waals surface area contributed by atoms with Crippen LogP contribution in [0.5, 0.6) is 0 Å². The Morgan fingerprint density at radius 1 is 0.718 bits per heavy atom. The van der Waals surface area contributed by atoms with Gasteiger partial charge in [-0.25, -0.2) is 0 Å². The molecule has 0 aromatic heterocycles. The van der Waals surface area contributed by atoms with E-state index < -0.39 is 14.4 Å². The first-order chi connectivity index (χ1) is 18.5. The molecule has 3 aromatic rings. The van der Waals surface area contributed by atoms with Gasteiger partial charge in [0.2, 0.25) is 0 Å². The monoisotopic (exact) mass is 550 g/mol. The highest BCUT2D eigenvalue weighted by atomic mass is 31.2. The molecule has 0 radical (unpaired) electrons. The second-order valence-corrected chi connectivity index (χ2v) is 13.2. The van der Waals surface area contributed by atoms with Crippen molar-refractivity contribution >= 4 is 30.4 Å². The smallest absolute Gasteiger partial charge is 0.523 e. The van der Waals surface area contributed by atoms with Gasteiger partial charge in [0.25, 0.3) is 0 Å². The summed E-state index contributed by atoms with van der Waals surface area (Å²) in [4.78, 5) is 0. The van der Waals surface area contributed by atoms with Crippen LogP contribution in [0.25, 0.3) is 0 Å². The molecule has 0 saturated heterocycles. The van der Waals surface area contributed by atoms with E-state index in [1.54, 1.807) is 0 Å². The average molecular weight is 550 g/mol. The fourth-order valence-corrected chi connectivity index (χ4v) is 8.33. The van der Waals surface area contributed by atoms with Crippen LogP contribution in [0.4, 0.5) is 12.9 Å². The minimum atomic E-state index is -5.50. The van der Waals surface area contributed by atoms with Gasteiger partial charge in [0.1, 0.15) is 23.2 Å². The van der Waals surface area contributed by atoms with Crippen molar-refractivity contribution in [1.29, 1.82) is 0 Å². The second kappa shape index (κ2) is 16.1. The molecular formula is C33H39BF3OP. The molecule has 206 valence electrons. The lowest BCUT2D eigenvalue weighted by Crippen LogP contribution is -2.33. The predicted molar refractivity (Wildman–Crippen MR) is 167 cm³/mol. The summed E-state index contributed by atoms with van der Waals surface area (Å²) in [5.74, 6) is 0. The fourth-order valence-electron chi connectivity index (χ4n) is 4.20. The molecule has 1 N–H and O–H groups in total. The van der Waals surface area contributed by atoms with Gasteiger partial charge in [0, 0.05) is 0 Å². The molecule has 0 unspecified atom stereocenters. The summed E-state index contributed by atoms with van der Waals surface area (Å²) in [5, 5.41) is 10.9. The lowest BCUT2D eigenvalue weighted by atomic mass is 10.1. The van der Waals surface area contributed by atoms with Crippen LogP contribution in [0.1, 0.15) is 40.5 Å². The molecular weight excluding hydrogens is 511 g/mol. The third-order valence-corrected chi connectivity index (χ3v) is 10.4. The van der Waals surface area contributed by atoms with E-state index in [9.17, 15) is 12.9 Å². The molecule has 3 rings (SSSR count). The highest BCUT2D eigenvalue weighted by Crippen LogP contribution is 2.55. The number of halogens is 3. The maximum absolute atomic E-state index is 9.97. The summed E-state index contributed by atoms with van der Waals surface area (Å²) in [5.41, 5.74) is 4.12. The molecule has 1 nitrogen and oxygen atoms in total. The SMILES string of the molecule is CC(C)=CCC/C(C)=C/C=C/C(C)=C/C[P+](c1ccccc1)(c1ccccc1)c1ccccc1.O[B-](F)(F)F. The van der Waals surface area contributed by atoms with Crippen molar-refractivity contribution in [2.45, 2.75) is 40.5 Å². The molecule has 39 heavy (non-hydrogen) atoms. The van der Waals surface area contributed by atoms with Crippen molar-refractivity contribution in [2.75, 3.05) is 6.16 Å². The standard InChI is InChI=1S/C33H38P.BF3HO/c1-28(2)16-14-17-29(3)18-15-19-30(4)26-27-34(31-20-8-5-9-21-31,32-22-10-6-11-23-32)33-24-12-7-13-25-33;2-1(3,4)5/h5-13,15-16,18-26H,14,17,27H2,1-4H3;5H/q+1;-1/b19-15+,29-18+,30-26+;. The van der Waals surface area contributed by atoms with Gasteiger partial charge >= 0.3 is 7.18 Å². The molecule has 0 amide bonds. The highest BCUT2D eigenvalue weighted by Gasteiger charge is 2.44. The molecule has 0 saturated carbocycles. The first-order valence-corrected chi connectivity index (χ1v) is 15.1. The van der Waals surface area contributed by atoms with E-state index in [1.807, 2.05) is 0 Å². The van der Waals surface area contributed by atoms with Crippen LogP contribution in [0.15, 0.2) is 138 Å². The van der Waals surface area contributed by atoms with Crippen molar-refractivity contribution in [3.05, 3.63) is 138 Å². The number of benzene rings is 3. The number of hydrogen-bond donors (Lipinski definition) is 1. The second-order valence-electron chi connectivity index (χ2n) is 9.68. The Morgan fingerprint density at radius 3 is 1.51 bits per heavy atom. The lowest BCUT2D eigenvalue weighted by molar-refractivity contribution is 0.284. The van der Waals surface area contributed by atoms with E-state index in [2.05, 4.69) is 149 Å². The fraction of sp³-hybridized carbons (Fsp3) is 0.212. The summed E-state index contributed by atoms with van der Waals surface area (Å²) in [6, 6.07) is 33.3. The van der Waals surface area contributed by atoms with Crippen molar-refractivity contribution < 1.29 is 18.0 Å². The minimum absolute atomic E-state index is 1.00. The van der Waals surface area contributed by atoms with Gasteiger partial charge in [-0.15, -0.1) is 0 Å². The quantitative estimate of drug-likeness (QED) is 0.116. The normalized spacial score (nSPS) is 12.6. The van der Waals surface area contributed by atoms with E-state index in [0.717, 1.165) is 19.0 Å². The Bertz CT molecular complexity index is 1140. The third kappa shape index (κ3) is 11.6. The van der Waals surface area contributed by atoms with Crippen LogP contribution in [0.2, 0.25) is 0 Å². The van der Waals surface area contributed by atoms with Crippen LogP contribution in [-0.4, -0.2) is 18.4 Å². The van der Waals surface area contributed by atoms with Gasteiger partial charge in [0.15, 0.2) is 0 Å². The molecule has 6 heteroatoms. The van der Waals surface area contributed by atoms with E-state index in [4.69, 9.17) is 5.02 Å². The van der Waals surface area contributed by atoms with Crippen LogP contribution in [0, 0.1) is 0 Å². The predicted octanol–water partition coefficient (Wildman–Crippen LogP) is 8.50.